The van der Waals surface area contributed by atoms with Crippen LogP contribution in [0.25, 0.3) is 10.7 Å². The summed E-state index contributed by atoms with van der Waals surface area (Å²) in [6.07, 6.45) is 2.43. The Balaban J connectivity index is 1.29. The second kappa shape index (κ2) is 6.86. The third-order valence-corrected chi connectivity index (χ3v) is 4.59. The van der Waals surface area contributed by atoms with Gasteiger partial charge < -0.3 is 10.1 Å². The Labute approximate surface area is 148 Å². The molecule has 2 aromatic heterocycles. The van der Waals surface area contributed by atoms with E-state index in [0.29, 0.717) is 16.7 Å². The highest BCUT2D eigenvalue weighted by Gasteiger charge is 2.22. The zero-order valence-electron chi connectivity index (χ0n) is 13.2. The van der Waals surface area contributed by atoms with Gasteiger partial charge >= 0.3 is 6.03 Å². The Hall–Kier alpha value is -3.00. The van der Waals surface area contributed by atoms with E-state index in [1.165, 1.54) is 16.9 Å². The van der Waals surface area contributed by atoms with Crippen LogP contribution in [0.4, 0.5) is 9.93 Å². The Kier molecular flexibility index (Phi) is 4.26. The van der Waals surface area contributed by atoms with E-state index in [9.17, 15) is 4.79 Å². The average Bonchev–Trinajstić information content (AvgIpc) is 3.27. The summed E-state index contributed by atoms with van der Waals surface area (Å²) in [4.78, 5) is 16.2. The van der Waals surface area contributed by atoms with Crippen molar-refractivity contribution in [1.29, 1.82) is 0 Å². The molecule has 3 aromatic rings. The largest absolute Gasteiger partial charge is 0.488 e. The predicted molar refractivity (Wildman–Crippen MR) is 94.7 cm³/mol. The predicted octanol–water partition coefficient (Wildman–Crippen LogP) is 2.73. The summed E-state index contributed by atoms with van der Waals surface area (Å²) in [7, 11) is 0. The smallest absolute Gasteiger partial charge is 0.321 e. The van der Waals surface area contributed by atoms with Gasteiger partial charge in [0.1, 0.15) is 17.5 Å². The lowest BCUT2D eigenvalue weighted by Gasteiger charge is -2.11. The molecular formula is C17H15N5O2S. The number of carbonyl (C=O) groups excluding carboxylic acids is 1. The molecule has 8 heteroatoms. The van der Waals surface area contributed by atoms with Crippen LogP contribution in [0.15, 0.2) is 48.7 Å². The first kappa shape index (κ1) is 15.5. The molecule has 1 aliphatic heterocycles. The number of urea groups is 1. The molecule has 4 rings (SSSR count). The van der Waals surface area contributed by atoms with Gasteiger partial charge in [-0.1, -0.05) is 35.6 Å². The number of anilines is 1. The van der Waals surface area contributed by atoms with Crippen molar-refractivity contribution < 1.29 is 9.53 Å². The van der Waals surface area contributed by atoms with E-state index >= 15 is 0 Å². The SMILES string of the molecule is O=C(NCC1Cc2ccccc2O1)Nc1nnc(-c2ccccn2)s1. The number of carbonyl (C=O) groups is 1. The minimum absolute atomic E-state index is 0.0540. The first-order valence-electron chi connectivity index (χ1n) is 7.82. The van der Waals surface area contributed by atoms with E-state index in [4.69, 9.17) is 4.74 Å². The second-order valence-electron chi connectivity index (χ2n) is 5.51. The number of hydrogen-bond donors (Lipinski definition) is 2. The zero-order chi connectivity index (χ0) is 17.1. The van der Waals surface area contributed by atoms with Crippen molar-refractivity contribution >= 4 is 22.5 Å². The summed E-state index contributed by atoms with van der Waals surface area (Å²) in [5, 5.41) is 14.6. The summed E-state index contributed by atoms with van der Waals surface area (Å²) in [6.45, 7) is 0.423. The minimum atomic E-state index is -0.330. The van der Waals surface area contributed by atoms with Gasteiger partial charge in [-0.25, -0.2) is 4.79 Å². The Bertz CT molecular complexity index is 859. The van der Waals surface area contributed by atoms with Crippen molar-refractivity contribution in [3.63, 3.8) is 0 Å². The molecule has 0 radical (unpaired) electrons. The molecule has 0 spiro atoms. The Morgan fingerprint density at radius 3 is 2.92 bits per heavy atom. The monoisotopic (exact) mass is 353 g/mol. The number of para-hydroxylation sites is 1. The van der Waals surface area contributed by atoms with E-state index in [-0.39, 0.29) is 12.1 Å². The van der Waals surface area contributed by atoms with Crippen molar-refractivity contribution in [2.24, 2.45) is 0 Å². The quantitative estimate of drug-likeness (QED) is 0.753. The van der Waals surface area contributed by atoms with Crippen molar-refractivity contribution in [1.82, 2.24) is 20.5 Å². The maximum atomic E-state index is 12.0. The standard InChI is InChI=1S/C17H15N5O2S/c23-16(19-10-12-9-11-5-1-2-7-14(11)24-12)20-17-22-21-15(25-17)13-6-3-4-8-18-13/h1-8,12H,9-10H2,(H2,19,20,22,23). The van der Waals surface area contributed by atoms with Gasteiger partial charge in [0.15, 0.2) is 5.01 Å². The highest BCUT2D eigenvalue weighted by atomic mass is 32.1. The molecule has 2 N–H and O–H groups in total. The maximum Gasteiger partial charge on any atom is 0.321 e. The fourth-order valence-corrected chi connectivity index (χ4v) is 3.30. The van der Waals surface area contributed by atoms with Gasteiger partial charge in [-0.2, -0.15) is 0 Å². The summed E-state index contributed by atoms with van der Waals surface area (Å²) in [5.74, 6) is 0.888. The molecule has 3 heterocycles. The fourth-order valence-electron chi connectivity index (χ4n) is 2.58. The first-order chi connectivity index (χ1) is 12.3. The minimum Gasteiger partial charge on any atom is -0.488 e. The number of pyridine rings is 1. The molecule has 1 aliphatic rings. The number of fused-ring (bicyclic) bond motifs is 1. The number of hydrogen-bond acceptors (Lipinski definition) is 6. The van der Waals surface area contributed by atoms with Crippen LogP contribution in [0.3, 0.4) is 0 Å². The molecule has 0 bridgehead atoms. The van der Waals surface area contributed by atoms with Gasteiger partial charge in [0.25, 0.3) is 0 Å². The second-order valence-corrected chi connectivity index (χ2v) is 6.49. The lowest BCUT2D eigenvalue weighted by atomic mass is 10.1. The van der Waals surface area contributed by atoms with Crippen LogP contribution in [0.1, 0.15) is 5.56 Å². The van der Waals surface area contributed by atoms with Crippen molar-refractivity contribution in [3.8, 4) is 16.5 Å². The molecular weight excluding hydrogens is 338 g/mol. The Morgan fingerprint density at radius 1 is 1.20 bits per heavy atom. The molecule has 1 atom stereocenters. The van der Waals surface area contributed by atoms with Crippen LogP contribution in [-0.4, -0.2) is 33.9 Å². The molecule has 0 saturated heterocycles. The summed E-state index contributed by atoms with van der Waals surface area (Å²) in [5.41, 5.74) is 1.89. The van der Waals surface area contributed by atoms with E-state index in [1.807, 2.05) is 42.5 Å². The summed E-state index contributed by atoms with van der Waals surface area (Å²) in [6, 6.07) is 13.1. The molecule has 0 fully saturated rings. The van der Waals surface area contributed by atoms with E-state index in [1.54, 1.807) is 6.20 Å². The average molecular weight is 353 g/mol. The number of amides is 2. The lowest BCUT2D eigenvalue weighted by Crippen LogP contribution is -2.37. The third-order valence-electron chi connectivity index (χ3n) is 3.73. The van der Waals surface area contributed by atoms with Crippen LogP contribution in [0.5, 0.6) is 5.75 Å². The van der Waals surface area contributed by atoms with Gasteiger partial charge in [-0.15, -0.1) is 10.2 Å². The normalized spacial score (nSPS) is 15.3. The maximum absolute atomic E-state index is 12.0. The Morgan fingerprint density at radius 2 is 2.08 bits per heavy atom. The molecule has 7 nitrogen and oxygen atoms in total. The van der Waals surface area contributed by atoms with E-state index in [0.717, 1.165) is 17.9 Å². The van der Waals surface area contributed by atoms with Crippen LogP contribution in [0.2, 0.25) is 0 Å². The molecule has 1 aromatic carbocycles. The molecule has 25 heavy (non-hydrogen) atoms. The molecule has 126 valence electrons. The molecule has 1 unspecified atom stereocenters. The number of aromatic nitrogens is 3. The highest BCUT2D eigenvalue weighted by molar-refractivity contribution is 7.18. The van der Waals surface area contributed by atoms with Crippen molar-refractivity contribution in [3.05, 3.63) is 54.2 Å². The van der Waals surface area contributed by atoms with E-state index < -0.39 is 0 Å². The number of ether oxygens (including phenoxy) is 1. The topological polar surface area (TPSA) is 89.0 Å². The van der Waals surface area contributed by atoms with Crippen molar-refractivity contribution in [2.75, 3.05) is 11.9 Å². The van der Waals surface area contributed by atoms with Crippen LogP contribution >= 0.6 is 11.3 Å². The van der Waals surface area contributed by atoms with Crippen LogP contribution < -0.4 is 15.4 Å². The van der Waals surface area contributed by atoms with Crippen LogP contribution in [-0.2, 0) is 6.42 Å². The number of rotatable bonds is 4. The third kappa shape index (κ3) is 3.58. The van der Waals surface area contributed by atoms with Crippen LogP contribution in [0, 0.1) is 0 Å². The number of nitrogens with one attached hydrogen (secondary N) is 2. The molecule has 2 amide bonds. The number of benzene rings is 1. The lowest BCUT2D eigenvalue weighted by molar-refractivity contribution is 0.219. The van der Waals surface area contributed by atoms with Gasteiger partial charge in [0, 0.05) is 12.6 Å². The summed E-state index contributed by atoms with van der Waals surface area (Å²) < 4.78 is 5.79. The molecule has 0 aliphatic carbocycles. The first-order valence-corrected chi connectivity index (χ1v) is 8.64. The van der Waals surface area contributed by atoms with Gasteiger partial charge in [0.2, 0.25) is 5.13 Å². The van der Waals surface area contributed by atoms with Gasteiger partial charge in [0.05, 0.1) is 6.54 Å². The summed E-state index contributed by atoms with van der Waals surface area (Å²) >= 11 is 1.27. The fraction of sp³-hybridized carbons (Fsp3) is 0.176. The van der Waals surface area contributed by atoms with E-state index in [2.05, 4.69) is 25.8 Å². The van der Waals surface area contributed by atoms with Gasteiger partial charge in [-0.3, -0.25) is 10.3 Å². The molecule has 0 saturated carbocycles. The van der Waals surface area contributed by atoms with Gasteiger partial charge in [-0.05, 0) is 23.8 Å². The number of nitrogens with zero attached hydrogens (tertiary/aromatic N) is 3. The zero-order valence-corrected chi connectivity index (χ0v) is 14.0. The van der Waals surface area contributed by atoms with Crippen molar-refractivity contribution in [2.45, 2.75) is 12.5 Å². The highest BCUT2D eigenvalue weighted by Crippen LogP contribution is 2.28.